The van der Waals surface area contributed by atoms with E-state index in [1.54, 1.807) is 0 Å². The second kappa shape index (κ2) is 5.67. The average molecular weight is 334 g/mol. The molecule has 3 fully saturated rings. The third-order valence-corrected chi connectivity index (χ3v) is 5.94. The van der Waals surface area contributed by atoms with Gasteiger partial charge in [0.25, 0.3) is 0 Å². The van der Waals surface area contributed by atoms with Crippen molar-refractivity contribution in [2.75, 3.05) is 19.6 Å². The molecule has 0 spiro atoms. The lowest BCUT2D eigenvalue weighted by Gasteiger charge is -2.35. The van der Waals surface area contributed by atoms with E-state index in [1.165, 1.54) is 0 Å². The molecule has 2 aliphatic heterocycles. The van der Waals surface area contributed by atoms with Crippen LogP contribution in [0.2, 0.25) is 5.02 Å². The first kappa shape index (κ1) is 15.3. The number of rotatable bonds is 3. The third-order valence-electron chi connectivity index (χ3n) is 5.70. The van der Waals surface area contributed by atoms with Gasteiger partial charge in [-0.2, -0.15) is 0 Å². The Bertz CT molecular complexity index is 610. The van der Waals surface area contributed by atoms with Crippen molar-refractivity contribution in [2.24, 2.45) is 0 Å². The fraction of sp³-hybridized carbons (Fsp3) is 0.611. The summed E-state index contributed by atoms with van der Waals surface area (Å²) in [4.78, 5) is 17.4. The standard InChI is InChI=1S/C18H24ClN3O/c1-18(7-8-18)21-12-16(13-3-2-4-14(19)11-13)22(17(21)23)15-5-9-20-10-6-15/h2-4,11,15-16,20H,5-10,12H2,1H3. The largest absolute Gasteiger partial charge is 0.321 e. The molecule has 1 aromatic carbocycles. The summed E-state index contributed by atoms with van der Waals surface area (Å²) in [6, 6.07) is 8.70. The minimum absolute atomic E-state index is 0.0789. The smallest absolute Gasteiger partial charge is 0.317 e. The Morgan fingerprint density at radius 2 is 2.00 bits per heavy atom. The van der Waals surface area contributed by atoms with Crippen LogP contribution >= 0.6 is 11.6 Å². The first-order valence-electron chi connectivity index (χ1n) is 8.65. The van der Waals surface area contributed by atoms with E-state index in [4.69, 9.17) is 11.6 Å². The molecule has 2 saturated heterocycles. The highest BCUT2D eigenvalue weighted by molar-refractivity contribution is 6.30. The molecule has 0 aromatic heterocycles. The molecule has 0 bridgehead atoms. The zero-order valence-electron chi connectivity index (χ0n) is 13.6. The first-order valence-corrected chi connectivity index (χ1v) is 9.02. The number of piperidine rings is 1. The second-order valence-corrected chi connectivity index (χ2v) is 7.79. The van der Waals surface area contributed by atoms with E-state index < -0.39 is 0 Å². The zero-order chi connectivity index (χ0) is 16.0. The number of benzene rings is 1. The number of carbonyl (C=O) groups excluding carboxylic acids is 1. The van der Waals surface area contributed by atoms with E-state index >= 15 is 0 Å². The highest BCUT2D eigenvalue weighted by Gasteiger charge is 2.53. The first-order chi connectivity index (χ1) is 11.1. The Hall–Kier alpha value is -1.26. The number of amides is 2. The van der Waals surface area contributed by atoms with Crippen molar-refractivity contribution < 1.29 is 4.79 Å². The van der Waals surface area contributed by atoms with Gasteiger partial charge in [0.2, 0.25) is 0 Å². The van der Waals surface area contributed by atoms with Crippen molar-refractivity contribution in [1.82, 2.24) is 15.1 Å². The Morgan fingerprint density at radius 3 is 2.65 bits per heavy atom. The Kier molecular flexibility index (Phi) is 3.77. The van der Waals surface area contributed by atoms with Gasteiger partial charge in [0.15, 0.2) is 0 Å². The van der Waals surface area contributed by atoms with Crippen LogP contribution in [0.3, 0.4) is 0 Å². The Morgan fingerprint density at radius 1 is 1.26 bits per heavy atom. The predicted molar refractivity (Wildman–Crippen MR) is 91.7 cm³/mol. The molecule has 1 aliphatic carbocycles. The van der Waals surface area contributed by atoms with Gasteiger partial charge in [-0.1, -0.05) is 23.7 Å². The molecule has 1 saturated carbocycles. The van der Waals surface area contributed by atoms with Gasteiger partial charge in [-0.05, 0) is 63.4 Å². The van der Waals surface area contributed by atoms with Crippen LogP contribution in [0.25, 0.3) is 0 Å². The summed E-state index contributed by atoms with van der Waals surface area (Å²) in [6.45, 7) is 4.99. The maximum absolute atomic E-state index is 13.2. The summed E-state index contributed by atoms with van der Waals surface area (Å²) in [5.74, 6) is 0. The minimum atomic E-state index is 0.0789. The summed E-state index contributed by atoms with van der Waals surface area (Å²) in [6.07, 6.45) is 4.32. The van der Waals surface area contributed by atoms with Crippen LogP contribution in [-0.2, 0) is 0 Å². The molecular weight excluding hydrogens is 310 g/mol. The molecule has 2 amide bonds. The van der Waals surface area contributed by atoms with Crippen LogP contribution in [0.15, 0.2) is 24.3 Å². The lowest BCUT2D eigenvalue weighted by molar-refractivity contribution is 0.143. The van der Waals surface area contributed by atoms with Crippen molar-refractivity contribution in [3.8, 4) is 0 Å². The van der Waals surface area contributed by atoms with E-state index in [1.807, 2.05) is 18.2 Å². The van der Waals surface area contributed by atoms with Crippen molar-refractivity contribution in [3.05, 3.63) is 34.9 Å². The molecule has 4 nitrogen and oxygen atoms in total. The number of hydrogen-bond acceptors (Lipinski definition) is 2. The molecule has 4 rings (SSSR count). The number of nitrogens with one attached hydrogen (secondary N) is 1. The average Bonchev–Trinajstić information content (AvgIpc) is 3.19. The molecule has 1 aromatic rings. The normalized spacial score (nSPS) is 27.6. The fourth-order valence-electron chi connectivity index (χ4n) is 3.99. The summed E-state index contributed by atoms with van der Waals surface area (Å²) in [5, 5.41) is 4.14. The lowest BCUT2D eigenvalue weighted by atomic mass is 10.00. The van der Waals surface area contributed by atoms with Gasteiger partial charge >= 0.3 is 6.03 Å². The van der Waals surface area contributed by atoms with E-state index in [2.05, 4.69) is 28.1 Å². The van der Waals surface area contributed by atoms with Crippen molar-refractivity contribution in [2.45, 2.75) is 50.2 Å². The SMILES string of the molecule is CC1(N2CC(c3cccc(Cl)c3)N(C3CCNCC3)C2=O)CC1. The molecule has 124 valence electrons. The van der Waals surface area contributed by atoms with Gasteiger partial charge in [0, 0.05) is 23.1 Å². The molecule has 3 aliphatic rings. The van der Waals surface area contributed by atoms with E-state index in [9.17, 15) is 4.79 Å². The molecule has 1 N–H and O–H groups in total. The number of hydrogen-bond donors (Lipinski definition) is 1. The van der Waals surface area contributed by atoms with Crippen LogP contribution in [-0.4, -0.2) is 47.0 Å². The van der Waals surface area contributed by atoms with Crippen LogP contribution in [0, 0.1) is 0 Å². The highest BCUT2D eigenvalue weighted by Crippen LogP contribution is 2.47. The molecule has 5 heteroatoms. The maximum atomic E-state index is 13.2. The van der Waals surface area contributed by atoms with Crippen LogP contribution in [0.4, 0.5) is 4.79 Å². The van der Waals surface area contributed by atoms with Crippen molar-refractivity contribution in [3.63, 3.8) is 0 Å². The highest BCUT2D eigenvalue weighted by atomic mass is 35.5. The number of halogens is 1. The van der Waals surface area contributed by atoms with Gasteiger partial charge < -0.3 is 15.1 Å². The Labute approximate surface area is 142 Å². The van der Waals surface area contributed by atoms with Crippen molar-refractivity contribution >= 4 is 17.6 Å². The van der Waals surface area contributed by atoms with Gasteiger partial charge in [-0.15, -0.1) is 0 Å². The molecule has 1 atom stereocenters. The summed E-state index contributed by atoms with van der Waals surface area (Å²) >= 11 is 6.20. The molecule has 2 heterocycles. The lowest BCUT2D eigenvalue weighted by Crippen LogP contribution is -2.47. The second-order valence-electron chi connectivity index (χ2n) is 7.35. The topological polar surface area (TPSA) is 35.6 Å². The number of nitrogens with zero attached hydrogens (tertiary/aromatic N) is 2. The number of urea groups is 1. The monoisotopic (exact) mass is 333 g/mol. The van der Waals surface area contributed by atoms with Crippen molar-refractivity contribution in [1.29, 1.82) is 0 Å². The summed E-state index contributed by atoms with van der Waals surface area (Å²) in [7, 11) is 0. The summed E-state index contributed by atoms with van der Waals surface area (Å²) < 4.78 is 0. The molecule has 0 radical (unpaired) electrons. The van der Waals surface area contributed by atoms with Gasteiger partial charge in [0.05, 0.1) is 6.04 Å². The van der Waals surface area contributed by atoms with Crippen LogP contribution < -0.4 is 5.32 Å². The molecular formula is C18H24ClN3O. The zero-order valence-corrected chi connectivity index (χ0v) is 14.4. The van der Waals surface area contributed by atoms with Crippen LogP contribution in [0.5, 0.6) is 0 Å². The maximum Gasteiger partial charge on any atom is 0.321 e. The molecule has 23 heavy (non-hydrogen) atoms. The minimum Gasteiger partial charge on any atom is -0.317 e. The fourth-order valence-corrected chi connectivity index (χ4v) is 4.19. The quantitative estimate of drug-likeness (QED) is 0.920. The van der Waals surface area contributed by atoms with E-state index in [-0.39, 0.29) is 17.6 Å². The Balaban J connectivity index is 1.67. The predicted octanol–water partition coefficient (Wildman–Crippen LogP) is 3.42. The van der Waals surface area contributed by atoms with E-state index in [0.717, 1.165) is 55.9 Å². The van der Waals surface area contributed by atoms with Gasteiger partial charge in [-0.3, -0.25) is 0 Å². The van der Waals surface area contributed by atoms with Gasteiger partial charge in [-0.25, -0.2) is 4.79 Å². The van der Waals surface area contributed by atoms with Gasteiger partial charge in [0.1, 0.15) is 0 Å². The van der Waals surface area contributed by atoms with Crippen LogP contribution in [0.1, 0.15) is 44.2 Å². The summed E-state index contributed by atoms with van der Waals surface area (Å²) in [5.41, 5.74) is 1.24. The third kappa shape index (κ3) is 2.72. The molecule has 1 unspecified atom stereocenters. The van der Waals surface area contributed by atoms with E-state index in [0.29, 0.717) is 6.04 Å². The number of carbonyl (C=O) groups is 1.